The number of aromatic nitrogens is 3. The van der Waals surface area contributed by atoms with E-state index in [0.717, 1.165) is 25.7 Å². The van der Waals surface area contributed by atoms with Gasteiger partial charge in [0.25, 0.3) is 0 Å². The highest BCUT2D eigenvalue weighted by atomic mass is 16.4. The summed E-state index contributed by atoms with van der Waals surface area (Å²) in [6.07, 6.45) is 8.89. The average Bonchev–Trinajstić information content (AvgIpc) is 2.80. The van der Waals surface area contributed by atoms with Crippen LogP contribution in [0, 0.1) is 17.3 Å². The molecule has 4 saturated carbocycles. The van der Waals surface area contributed by atoms with Crippen molar-refractivity contribution in [2.75, 3.05) is 0 Å². The number of carbonyl (C=O) groups is 1. The van der Waals surface area contributed by atoms with Gasteiger partial charge in [-0.15, -0.1) is 0 Å². The Kier molecular flexibility index (Phi) is 1.83. The van der Waals surface area contributed by atoms with Crippen molar-refractivity contribution in [1.82, 2.24) is 14.8 Å². The van der Waals surface area contributed by atoms with Crippen molar-refractivity contribution in [3.05, 3.63) is 12.7 Å². The van der Waals surface area contributed by atoms with Crippen LogP contribution in [0.25, 0.3) is 0 Å². The molecule has 4 aliphatic carbocycles. The molecule has 0 N–H and O–H groups in total. The zero-order chi connectivity index (χ0) is 12.4. The van der Waals surface area contributed by atoms with Crippen molar-refractivity contribution in [3.63, 3.8) is 0 Å². The van der Waals surface area contributed by atoms with Gasteiger partial charge in [0.05, 0.1) is 5.54 Å². The fourth-order valence-electron chi connectivity index (χ4n) is 5.17. The van der Waals surface area contributed by atoms with Gasteiger partial charge in [-0.3, -0.25) is 0 Å². The molecule has 4 aliphatic rings. The van der Waals surface area contributed by atoms with Crippen LogP contribution in [0.1, 0.15) is 38.5 Å². The normalized spacial score (nSPS) is 45.3. The maximum absolute atomic E-state index is 11.6. The Morgan fingerprint density at radius 2 is 2.00 bits per heavy atom. The van der Waals surface area contributed by atoms with Crippen LogP contribution in [-0.4, -0.2) is 20.7 Å². The molecule has 96 valence electrons. The number of nitrogens with zero attached hydrogens (tertiary/aromatic N) is 3. The molecule has 5 rings (SSSR count). The summed E-state index contributed by atoms with van der Waals surface area (Å²) in [6, 6.07) is 0. The maximum atomic E-state index is 11.6. The van der Waals surface area contributed by atoms with E-state index in [1.165, 1.54) is 6.42 Å². The molecule has 2 unspecified atom stereocenters. The second-order valence-electron chi connectivity index (χ2n) is 6.59. The smallest absolute Gasteiger partial charge is 0.137 e. The minimum absolute atomic E-state index is 0.110. The molecule has 1 aromatic heterocycles. The van der Waals surface area contributed by atoms with E-state index in [9.17, 15) is 9.90 Å². The van der Waals surface area contributed by atoms with Crippen molar-refractivity contribution in [2.45, 2.75) is 44.1 Å². The molecule has 0 aliphatic heterocycles. The van der Waals surface area contributed by atoms with E-state index in [0.29, 0.717) is 18.3 Å². The first-order chi connectivity index (χ1) is 8.62. The summed E-state index contributed by atoms with van der Waals surface area (Å²) in [4.78, 5) is 15.6. The highest BCUT2D eigenvalue weighted by Gasteiger charge is 2.59. The Labute approximate surface area is 105 Å². The number of rotatable bonds is 2. The van der Waals surface area contributed by atoms with Crippen molar-refractivity contribution in [1.29, 1.82) is 0 Å². The number of hydrogen-bond acceptors (Lipinski definition) is 4. The largest absolute Gasteiger partial charge is 0.550 e. The molecule has 4 fully saturated rings. The van der Waals surface area contributed by atoms with Crippen LogP contribution in [-0.2, 0) is 10.3 Å². The molecule has 2 atom stereocenters. The second-order valence-corrected chi connectivity index (χ2v) is 6.59. The Morgan fingerprint density at radius 1 is 1.28 bits per heavy atom. The van der Waals surface area contributed by atoms with E-state index in [2.05, 4.69) is 10.1 Å². The predicted molar refractivity (Wildman–Crippen MR) is 60.1 cm³/mol. The van der Waals surface area contributed by atoms with Crippen molar-refractivity contribution >= 4 is 5.97 Å². The Bertz CT molecular complexity index is 482. The number of carboxylic acid groups (broad SMARTS) is 1. The van der Waals surface area contributed by atoms with Gasteiger partial charge in [-0.1, -0.05) is 0 Å². The number of aliphatic carboxylic acids is 1. The van der Waals surface area contributed by atoms with Crippen molar-refractivity contribution in [2.24, 2.45) is 17.3 Å². The standard InChI is InChI=1S/C13H17N3O2/c17-11(18)12-2-9-1-10(3-12)5-13(4-9,6-12)16-8-14-7-15-16/h7-10H,1-6H2,(H,17,18)/p-1. The van der Waals surface area contributed by atoms with Gasteiger partial charge >= 0.3 is 0 Å². The molecule has 5 heteroatoms. The molecule has 0 aromatic carbocycles. The molecule has 18 heavy (non-hydrogen) atoms. The fourth-order valence-corrected chi connectivity index (χ4v) is 5.17. The maximum Gasteiger partial charge on any atom is 0.137 e. The average molecular weight is 246 g/mol. The van der Waals surface area contributed by atoms with Crippen LogP contribution < -0.4 is 5.11 Å². The van der Waals surface area contributed by atoms with Gasteiger partial charge in [0, 0.05) is 11.4 Å². The van der Waals surface area contributed by atoms with Gasteiger partial charge in [0.2, 0.25) is 0 Å². The Balaban J connectivity index is 1.81. The lowest BCUT2D eigenvalue weighted by Gasteiger charge is -2.62. The molecule has 1 heterocycles. The third-order valence-electron chi connectivity index (χ3n) is 5.37. The monoisotopic (exact) mass is 246 g/mol. The number of carbonyl (C=O) groups excluding carboxylic acids is 1. The van der Waals surface area contributed by atoms with E-state index < -0.39 is 11.4 Å². The fraction of sp³-hybridized carbons (Fsp3) is 0.769. The van der Waals surface area contributed by atoms with Gasteiger partial charge in [-0.05, 0) is 50.4 Å². The molecular weight excluding hydrogens is 230 g/mol. The first-order valence-electron chi connectivity index (χ1n) is 6.69. The summed E-state index contributed by atoms with van der Waals surface area (Å²) in [7, 11) is 0. The summed E-state index contributed by atoms with van der Waals surface area (Å²) < 4.78 is 1.92. The van der Waals surface area contributed by atoms with E-state index in [4.69, 9.17) is 0 Å². The van der Waals surface area contributed by atoms with Crippen molar-refractivity contribution < 1.29 is 9.90 Å². The zero-order valence-electron chi connectivity index (χ0n) is 10.2. The minimum atomic E-state index is -0.846. The number of hydrogen-bond donors (Lipinski definition) is 0. The van der Waals surface area contributed by atoms with Gasteiger partial charge in [0.1, 0.15) is 12.7 Å². The highest BCUT2D eigenvalue weighted by molar-refractivity contribution is 5.73. The molecule has 5 nitrogen and oxygen atoms in total. The van der Waals surface area contributed by atoms with Crippen LogP contribution in [0.2, 0.25) is 0 Å². The quantitative estimate of drug-likeness (QED) is 0.753. The summed E-state index contributed by atoms with van der Waals surface area (Å²) >= 11 is 0. The number of carboxylic acids is 1. The molecule has 0 spiro atoms. The van der Waals surface area contributed by atoms with Crippen LogP contribution >= 0.6 is 0 Å². The predicted octanol–water partition coefficient (Wildman–Crippen LogP) is 0.323. The molecule has 0 saturated heterocycles. The molecule has 0 amide bonds. The van der Waals surface area contributed by atoms with E-state index in [1.807, 2.05) is 4.68 Å². The Morgan fingerprint density at radius 3 is 2.56 bits per heavy atom. The second kappa shape index (κ2) is 3.13. The van der Waals surface area contributed by atoms with Crippen LogP contribution in [0.15, 0.2) is 12.7 Å². The summed E-state index contributed by atoms with van der Waals surface area (Å²) in [5, 5.41) is 15.9. The first kappa shape index (κ1) is 10.5. The molecule has 0 radical (unpaired) electrons. The topological polar surface area (TPSA) is 70.8 Å². The third kappa shape index (κ3) is 1.19. The summed E-state index contributed by atoms with van der Waals surface area (Å²) in [6.45, 7) is 0. The molecule has 1 aromatic rings. The lowest BCUT2D eigenvalue weighted by Crippen LogP contribution is -2.61. The molecular formula is C13H16N3O2-. The SMILES string of the molecule is O=C([O-])C12CC3CC(C1)CC(n1cncn1)(C3)C2. The zero-order valence-corrected chi connectivity index (χ0v) is 10.2. The van der Waals surface area contributed by atoms with Crippen LogP contribution in [0.5, 0.6) is 0 Å². The van der Waals surface area contributed by atoms with Gasteiger partial charge in [0.15, 0.2) is 0 Å². The van der Waals surface area contributed by atoms with Gasteiger partial charge < -0.3 is 9.90 Å². The minimum Gasteiger partial charge on any atom is -0.550 e. The van der Waals surface area contributed by atoms with Crippen LogP contribution in [0.4, 0.5) is 0 Å². The van der Waals surface area contributed by atoms with E-state index in [-0.39, 0.29) is 5.54 Å². The van der Waals surface area contributed by atoms with Gasteiger partial charge in [-0.2, -0.15) is 5.10 Å². The van der Waals surface area contributed by atoms with E-state index >= 15 is 0 Å². The Hall–Kier alpha value is -1.39. The molecule has 4 bridgehead atoms. The lowest BCUT2D eigenvalue weighted by molar-refractivity contribution is -0.329. The lowest BCUT2D eigenvalue weighted by atomic mass is 9.47. The van der Waals surface area contributed by atoms with E-state index in [1.54, 1.807) is 12.7 Å². The first-order valence-corrected chi connectivity index (χ1v) is 6.69. The highest BCUT2D eigenvalue weighted by Crippen LogP contribution is 2.63. The third-order valence-corrected chi connectivity index (χ3v) is 5.37. The van der Waals surface area contributed by atoms with Gasteiger partial charge in [-0.25, -0.2) is 9.67 Å². The van der Waals surface area contributed by atoms with Crippen molar-refractivity contribution in [3.8, 4) is 0 Å². The van der Waals surface area contributed by atoms with Crippen LogP contribution in [0.3, 0.4) is 0 Å². The summed E-state index contributed by atoms with van der Waals surface area (Å²) in [5.74, 6) is 0.197. The summed E-state index contributed by atoms with van der Waals surface area (Å²) in [5.41, 5.74) is -0.712.